The van der Waals surface area contributed by atoms with Crippen LogP contribution in [0.3, 0.4) is 0 Å². The number of nitrogens with one attached hydrogen (secondary N) is 1. The highest BCUT2D eigenvalue weighted by Crippen LogP contribution is 2.36. The number of rotatable bonds is 7. The van der Waals surface area contributed by atoms with Crippen LogP contribution in [0.25, 0.3) is 5.69 Å². The molecule has 216 valence electrons. The Kier molecular flexibility index (Phi) is 8.93. The van der Waals surface area contributed by atoms with Crippen molar-refractivity contribution in [2.24, 2.45) is 0 Å². The maximum atomic E-state index is 13.3. The van der Waals surface area contributed by atoms with E-state index in [0.717, 1.165) is 4.90 Å². The molecule has 13 heteroatoms. The zero-order chi connectivity index (χ0) is 30.0. The number of halogens is 7. The molecule has 0 saturated heterocycles. The van der Waals surface area contributed by atoms with Crippen LogP contribution in [0.15, 0.2) is 48.5 Å². The molecule has 2 amide bonds. The Morgan fingerprint density at radius 3 is 1.95 bits per heavy atom. The molecule has 0 atom stereocenters. The summed E-state index contributed by atoms with van der Waals surface area (Å²) in [5.74, 6) is -1.62. The minimum absolute atomic E-state index is 0.0572. The van der Waals surface area contributed by atoms with Crippen LogP contribution in [-0.4, -0.2) is 39.6 Å². The van der Waals surface area contributed by atoms with E-state index in [0.29, 0.717) is 35.0 Å². The summed E-state index contributed by atoms with van der Waals surface area (Å²) < 4.78 is 81.4. The number of benzene rings is 2. The lowest BCUT2D eigenvalue weighted by Crippen LogP contribution is -2.39. The Morgan fingerprint density at radius 1 is 0.925 bits per heavy atom. The van der Waals surface area contributed by atoms with Crippen LogP contribution in [0.5, 0.6) is 0 Å². The third-order valence-corrected chi connectivity index (χ3v) is 6.02. The Bertz CT molecular complexity index is 1340. The quantitative estimate of drug-likeness (QED) is 0.293. The van der Waals surface area contributed by atoms with Gasteiger partial charge >= 0.3 is 12.4 Å². The van der Waals surface area contributed by atoms with Crippen LogP contribution in [-0.2, 0) is 22.6 Å². The van der Waals surface area contributed by atoms with E-state index in [1.54, 1.807) is 37.3 Å². The summed E-state index contributed by atoms with van der Waals surface area (Å²) in [5, 5.41) is 7.70. The average molecular weight is 589 g/mol. The summed E-state index contributed by atoms with van der Waals surface area (Å²) in [6, 6.07) is 8.90. The summed E-state index contributed by atoms with van der Waals surface area (Å²) in [5.41, 5.74) is -3.27. The Hall–Kier alpha value is -3.54. The van der Waals surface area contributed by atoms with Crippen LogP contribution in [0.1, 0.15) is 61.3 Å². The lowest BCUT2D eigenvalue weighted by molar-refractivity contribution is -0.143. The maximum absolute atomic E-state index is 13.3. The second kappa shape index (κ2) is 11.5. The SMILES string of the molecule is CCCN(CC(=O)Nc1cc(C(C)(C)C)nn1-c1ccc(Cl)cc1)C(=O)c1cc(C(F)(F)F)cc(C(F)(F)F)c1. The largest absolute Gasteiger partial charge is 0.416 e. The van der Waals surface area contributed by atoms with Crippen molar-refractivity contribution >= 4 is 29.2 Å². The lowest BCUT2D eigenvalue weighted by Gasteiger charge is -2.23. The standard InChI is InChI=1S/C27H27ClF6N4O2/c1-5-10-37(24(40)16-11-17(26(29,30)31)13-18(12-16)27(32,33)34)15-23(39)35-22-14-21(25(2,3)4)36-38(22)20-8-6-19(28)7-9-20/h6-9,11-14H,5,10,15H2,1-4H3,(H,35,39). The number of carbonyl (C=O) groups excluding carboxylic acids is 2. The number of alkyl halides is 6. The smallest absolute Gasteiger partial charge is 0.329 e. The van der Waals surface area contributed by atoms with Gasteiger partial charge in [0.25, 0.3) is 5.91 Å². The van der Waals surface area contributed by atoms with E-state index in [2.05, 4.69) is 10.4 Å². The second-order valence-electron chi connectivity index (χ2n) is 10.1. The van der Waals surface area contributed by atoms with Gasteiger partial charge in [-0.15, -0.1) is 0 Å². The number of aromatic nitrogens is 2. The number of anilines is 1. The van der Waals surface area contributed by atoms with Gasteiger partial charge in [-0.1, -0.05) is 39.3 Å². The number of carbonyl (C=O) groups is 2. The van der Waals surface area contributed by atoms with Crippen LogP contribution in [0.4, 0.5) is 32.2 Å². The van der Waals surface area contributed by atoms with Crippen LogP contribution in [0.2, 0.25) is 5.02 Å². The highest BCUT2D eigenvalue weighted by molar-refractivity contribution is 6.30. The van der Waals surface area contributed by atoms with Gasteiger partial charge in [0.1, 0.15) is 12.4 Å². The maximum Gasteiger partial charge on any atom is 0.416 e. The van der Waals surface area contributed by atoms with E-state index in [-0.39, 0.29) is 18.4 Å². The molecule has 0 aliphatic carbocycles. The normalized spacial score (nSPS) is 12.4. The molecule has 0 radical (unpaired) electrons. The fraction of sp³-hybridized carbons (Fsp3) is 0.370. The second-order valence-corrected chi connectivity index (χ2v) is 10.6. The molecule has 0 fully saturated rings. The molecule has 1 heterocycles. The van der Waals surface area contributed by atoms with Crippen molar-refractivity contribution in [1.29, 1.82) is 0 Å². The van der Waals surface area contributed by atoms with E-state index in [4.69, 9.17) is 11.6 Å². The van der Waals surface area contributed by atoms with Gasteiger partial charge in [-0.2, -0.15) is 31.4 Å². The van der Waals surface area contributed by atoms with E-state index >= 15 is 0 Å². The third kappa shape index (κ3) is 7.56. The minimum Gasteiger partial charge on any atom is -0.329 e. The predicted octanol–water partition coefficient (Wildman–Crippen LogP) is 7.35. The van der Waals surface area contributed by atoms with Crippen molar-refractivity contribution in [3.63, 3.8) is 0 Å². The zero-order valence-electron chi connectivity index (χ0n) is 22.0. The molecule has 1 aromatic heterocycles. The first-order chi connectivity index (χ1) is 18.4. The first kappa shape index (κ1) is 31.0. The van der Waals surface area contributed by atoms with Gasteiger partial charge < -0.3 is 10.2 Å². The molecule has 3 aromatic rings. The fourth-order valence-electron chi connectivity index (χ4n) is 3.75. The van der Waals surface area contributed by atoms with Gasteiger partial charge in [-0.3, -0.25) is 9.59 Å². The summed E-state index contributed by atoms with van der Waals surface area (Å²) in [7, 11) is 0. The van der Waals surface area contributed by atoms with Crippen molar-refractivity contribution in [2.45, 2.75) is 51.9 Å². The summed E-state index contributed by atoms with van der Waals surface area (Å²) in [4.78, 5) is 27.1. The van der Waals surface area contributed by atoms with Crippen molar-refractivity contribution in [1.82, 2.24) is 14.7 Å². The molecule has 0 bridgehead atoms. The summed E-state index contributed by atoms with van der Waals surface area (Å²) in [6.45, 7) is 6.68. The van der Waals surface area contributed by atoms with Crippen LogP contribution >= 0.6 is 11.6 Å². The molecule has 0 aliphatic heterocycles. The predicted molar refractivity (Wildman–Crippen MR) is 139 cm³/mol. The van der Waals surface area contributed by atoms with Gasteiger partial charge in [-0.25, -0.2) is 4.68 Å². The number of hydrogen-bond acceptors (Lipinski definition) is 3. The monoisotopic (exact) mass is 588 g/mol. The van der Waals surface area contributed by atoms with E-state index in [1.165, 1.54) is 4.68 Å². The fourth-order valence-corrected chi connectivity index (χ4v) is 3.88. The Morgan fingerprint density at radius 2 is 1.48 bits per heavy atom. The molecule has 2 aromatic carbocycles. The van der Waals surface area contributed by atoms with Gasteiger partial charge in [0.15, 0.2) is 0 Å². The zero-order valence-corrected chi connectivity index (χ0v) is 22.8. The third-order valence-electron chi connectivity index (χ3n) is 5.77. The molecule has 1 N–H and O–H groups in total. The van der Waals surface area contributed by atoms with Crippen molar-refractivity contribution in [3.8, 4) is 5.69 Å². The highest BCUT2D eigenvalue weighted by Gasteiger charge is 2.38. The highest BCUT2D eigenvalue weighted by atomic mass is 35.5. The first-order valence-corrected chi connectivity index (χ1v) is 12.5. The van der Waals surface area contributed by atoms with Gasteiger partial charge in [0.2, 0.25) is 5.91 Å². The average Bonchev–Trinajstić information content (AvgIpc) is 3.26. The van der Waals surface area contributed by atoms with Crippen molar-refractivity contribution in [2.75, 3.05) is 18.4 Å². The van der Waals surface area contributed by atoms with Crippen LogP contribution < -0.4 is 5.32 Å². The lowest BCUT2D eigenvalue weighted by atomic mass is 9.92. The number of amides is 2. The molecular weight excluding hydrogens is 562 g/mol. The van der Waals surface area contributed by atoms with Crippen molar-refractivity contribution < 1.29 is 35.9 Å². The van der Waals surface area contributed by atoms with Gasteiger partial charge in [-0.05, 0) is 48.9 Å². The van der Waals surface area contributed by atoms with E-state index in [9.17, 15) is 35.9 Å². The Labute approximate surface area is 231 Å². The van der Waals surface area contributed by atoms with Crippen molar-refractivity contribution in [3.05, 3.63) is 75.9 Å². The molecule has 6 nitrogen and oxygen atoms in total. The number of hydrogen-bond donors (Lipinski definition) is 1. The van der Waals surface area contributed by atoms with Gasteiger partial charge in [0.05, 0.1) is 22.5 Å². The molecule has 0 spiro atoms. The number of nitrogens with zero attached hydrogens (tertiary/aromatic N) is 3. The molecule has 0 aliphatic rings. The molecule has 0 saturated carbocycles. The summed E-state index contributed by atoms with van der Waals surface area (Å²) in [6.07, 6.45) is -9.94. The van der Waals surface area contributed by atoms with E-state index in [1.807, 2.05) is 20.8 Å². The molecule has 0 unspecified atom stereocenters. The first-order valence-electron chi connectivity index (χ1n) is 12.1. The molecule has 3 rings (SSSR count). The molecule has 40 heavy (non-hydrogen) atoms. The van der Waals surface area contributed by atoms with Crippen LogP contribution in [0, 0.1) is 0 Å². The van der Waals surface area contributed by atoms with Gasteiger partial charge in [0, 0.05) is 28.6 Å². The Balaban J connectivity index is 1.93. The molecular formula is C27H27ClF6N4O2. The topological polar surface area (TPSA) is 67.2 Å². The van der Waals surface area contributed by atoms with E-state index < -0.39 is 52.8 Å². The minimum atomic E-state index is -5.12. The summed E-state index contributed by atoms with van der Waals surface area (Å²) >= 11 is 5.98.